The van der Waals surface area contributed by atoms with E-state index in [9.17, 15) is 0 Å². The molecule has 0 bridgehead atoms. The fourth-order valence-corrected chi connectivity index (χ4v) is 3.69. The van der Waals surface area contributed by atoms with Crippen LogP contribution in [0.1, 0.15) is 35.8 Å². The lowest BCUT2D eigenvalue weighted by molar-refractivity contribution is 0.317. The summed E-state index contributed by atoms with van der Waals surface area (Å²) in [4.78, 5) is 8.68. The highest BCUT2D eigenvalue weighted by Gasteiger charge is 2.30. The number of rotatable bonds is 5. The maximum Gasteiger partial charge on any atom is 0.0798 e. The minimum absolute atomic E-state index is 0. The van der Waals surface area contributed by atoms with Crippen LogP contribution >= 0.6 is 23.7 Å². The van der Waals surface area contributed by atoms with Crippen LogP contribution in [-0.4, -0.2) is 36.6 Å². The van der Waals surface area contributed by atoms with Crippen LogP contribution in [0, 0.1) is 5.92 Å². The van der Waals surface area contributed by atoms with Crippen molar-refractivity contribution in [1.82, 2.24) is 15.2 Å². The van der Waals surface area contributed by atoms with Gasteiger partial charge in [0.25, 0.3) is 0 Å². The van der Waals surface area contributed by atoms with Gasteiger partial charge in [0.1, 0.15) is 0 Å². The van der Waals surface area contributed by atoms with E-state index in [0.717, 1.165) is 24.9 Å². The zero-order valence-electron chi connectivity index (χ0n) is 10.9. The molecule has 1 aromatic heterocycles. The molecule has 3 nitrogen and oxygen atoms in total. The number of thiazole rings is 1. The highest BCUT2D eigenvalue weighted by Crippen LogP contribution is 2.42. The molecule has 1 aromatic rings. The number of likely N-dealkylation sites (tertiary alicyclic amines) is 1. The maximum absolute atomic E-state index is 4.56. The molecule has 1 aliphatic heterocycles. The van der Waals surface area contributed by atoms with Crippen molar-refractivity contribution in [2.45, 2.75) is 31.7 Å². The first-order valence-corrected chi connectivity index (χ1v) is 7.54. The number of nitrogens with zero attached hydrogens (tertiary/aromatic N) is 2. The molecule has 2 fully saturated rings. The molecule has 1 saturated carbocycles. The minimum atomic E-state index is 0. The number of nitrogens with one attached hydrogen (secondary N) is 1. The molecular weight excluding hydrogens is 266 g/mol. The molecule has 1 unspecified atom stereocenters. The molecule has 18 heavy (non-hydrogen) atoms. The van der Waals surface area contributed by atoms with Gasteiger partial charge in [-0.3, -0.25) is 4.90 Å². The molecule has 2 aliphatic rings. The molecule has 102 valence electrons. The Morgan fingerprint density at radius 1 is 1.44 bits per heavy atom. The number of halogens is 1. The lowest BCUT2D eigenvalue weighted by Gasteiger charge is -2.15. The van der Waals surface area contributed by atoms with Crippen molar-refractivity contribution in [2.75, 3.05) is 26.7 Å². The molecule has 1 atom stereocenters. The summed E-state index contributed by atoms with van der Waals surface area (Å²) in [5.74, 6) is 1.64. The predicted octanol–water partition coefficient (Wildman–Crippen LogP) is 2.48. The molecule has 2 heterocycles. The van der Waals surface area contributed by atoms with Crippen molar-refractivity contribution in [1.29, 1.82) is 0 Å². The summed E-state index contributed by atoms with van der Waals surface area (Å²) < 4.78 is 0. The molecule has 5 heteroatoms. The van der Waals surface area contributed by atoms with Gasteiger partial charge in [0, 0.05) is 23.9 Å². The first-order valence-electron chi connectivity index (χ1n) is 6.66. The van der Waals surface area contributed by atoms with Gasteiger partial charge in [0.2, 0.25) is 0 Å². The Bertz CT molecular complexity index is 378. The third-order valence-corrected chi connectivity index (χ3v) is 4.70. The van der Waals surface area contributed by atoms with Crippen molar-refractivity contribution < 1.29 is 0 Å². The van der Waals surface area contributed by atoms with Gasteiger partial charge in [-0.05, 0) is 45.3 Å². The van der Waals surface area contributed by atoms with Crippen molar-refractivity contribution in [2.24, 2.45) is 5.92 Å². The second-order valence-electron chi connectivity index (χ2n) is 5.38. The second kappa shape index (κ2) is 6.33. The largest absolute Gasteiger partial charge is 0.319 e. The lowest BCUT2D eigenvalue weighted by Crippen LogP contribution is -2.24. The van der Waals surface area contributed by atoms with E-state index in [4.69, 9.17) is 0 Å². The summed E-state index contributed by atoms with van der Waals surface area (Å²) in [5, 5.41) is 3.29. The van der Waals surface area contributed by atoms with Crippen LogP contribution in [0.3, 0.4) is 0 Å². The van der Waals surface area contributed by atoms with Crippen LogP contribution in [-0.2, 0) is 6.54 Å². The summed E-state index contributed by atoms with van der Waals surface area (Å²) in [7, 11) is 2.05. The van der Waals surface area contributed by atoms with E-state index < -0.39 is 0 Å². The summed E-state index contributed by atoms with van der Waals surface area (Å²) >= 11 is 1.85. The smallest absolute Gasteiger partial charge is 0.0798 e. The zero-order valence-corrected chi connectivity index (χ0v) is 12.5. The quantitative estimate of drug-likeness (QED) is 0.902. The SMILES string of the molecule is CNCC1CCN(Cc2scnc2C2CC2)C1.Cl. The van der Waals surface area contributed by atoms with Crippen LogP contribution in [0.2, 0.25) is 0 Å². The molecule has 1 aliphatic carbocycles. The lowest BCUT2D eigenvalue weighted by atomic mass is 10.1. The van der Waals surface area contributed by atoms with Gasteiger partial charge in [-0.1, -0.05) is 0 Å². The fourth-order valence-electron chi connectivity index (χ4n) is 2.80. The Morgan fingerprint density at radius 2 is 2.28 bits per heavy atom. The van der Waals surface area contributed by atoms with Gasteiger partial charge in [-0.15, -0.1) is 23.7 Å². The summed E-state index contributed by atoms with van der Waals surface area (Å²) in [6.45, 7) is 4.81. The van der Waals surface area contributed by atoms with Crippen molar-refractivity contribution >= 4 is 23.7 Å². The van der Waals surface area contributed by atoms with E-state index >= 15 is 0 Å². The summed E-state index contributed by atoms with van der Waals surface area (Å²) in [6.07, 6.45) is 4.07. The number of aromatic nitrogens is 1. The van der Waals surface area contributed by atoms with Gasteiger partial charge in [-0.2, -0.15) is 0 Å². The Morgan fingerprint density at radius 3 is 3.00 bits per heavy atom. The molecule has 0 amide bonds. The molecule has 0 aromatic carbocycles. The van der Waals surface area contributed by atoms with E-state index in [0.29, 0.717) is 0 Å². The molecule has 0 spiro atoms. The first-order chi connectivity index (χ1) is 8.36. The Labute approximate surface area is 119 Å². The van der Waals surface area contributed by atoms with Crippen LogP contribution in [0.15, 0.2) is 5.51 Å². The van der Waals surface area contributed by atoms with Gasteiger partial charge >= 0.3 is 0 Å². The molecule has 0 radical (unpaired) electrons. The topological polar surface area (TPSA) is 28.2 Å². The molecule has 1 saturated heterocycles. The van der Waals surface area contributed by atoms with Crippen LogP contribution in [0.4, 0.5) is 0 Å². The standard InChI is InChI=1S/C13H21N3S.ClH/c1-14-6-10-4-5-16(7-10)8-12-13(11-2-3-11)15-9-17-12;/h9-11,14H,2-8H2,1H3;1H. The maximum atomic E-state index is 4.56. The van der Waals surface area contributed by atoms with E-state index in [1.807, 2.05) is 16.8 Å². The van der Waals surface area contributed by atoms with Crippen molar-refractivity contribution in [3.63, 3.8) is 0 Å². The van der Waals surface area contributed by atoms with Gasteiger partial charge in [-0.25, -0.2) is 4.98 Å². The normalized spacial score (nSPS) is 24.2. The van der Waals surface area contributed by atoms with Crippen LogP contribution < -0.4 is 5.32 Å². The summed E-state index contributed by atoms with van der Waals surface area (Å²) in [5.41, 5.74) is 3.44. The van der Waals surface area contributed by atoms with Crippen LogP contribution in [0.25, 0.3) is 0 Å². The van der Waals surface area contributed by atoms with Gasteiger partial charge < -0.3 is 5.32 Å². The third kappa shape index (κ3) is 3.23. The third-order valence-electron chi connectivity index (χ3n) is 3.87. The number of hydrogen-bond donors (Lipinski definition) is 1. The van der Waals surface area contributed by atoms with E-state index in [2.05, 4.69) is 22.2 Å². The molecule has 1 N–H and O–H groups in total. The first kappa shape index (κ1) is 14.3. The van der Waals surface area contributed by atoms with Gasteiger partial charge in [0.05, 0.1) is 11.2 Å². The monoisotopic (exact) mass is 287 g/mol. The van der Waals surface area contributed by atoms with E-state index in [-0.39, 0.29) is 12.4 Å². The molecule has 3 rings (SSSR count). The minimum Gasteiger partial charge on any atom is -0.319 e. The zero-order chi connectivity index (χ0) is 11.7. The number of hydrogen-bond acceptors (Lipinski definition) is 4. The highest BCUT2D eigenvalue weighted by molar-refractivity contribution is 7.09. The van der Waals surface area contributed by atoms with E-state index in [1.165, 1.54) is 42.9 Å². The predicted molar refractivity (Wildman–Crippen MR) is 78.6 cm³/mol. The van der Waals surface area contributed by atoms with Crippen LogP contribution in [0.5, 0.6) is 0 Å². The Balaban J connectivity index is 0.00000120. The summed E-state index contributed by atoms with van der Waals surface area (Å²) in [6, 6.07) is 0. The molecular formula is C13H22ClN3S. The van der Waals surface area contributed by atoms with Crippen molar-refractivity contribution in [3.05, 3.63) is 16.1 Å². The highest BCUT2D eigenvalue weighted by atomic mass is 35.5. The Kier molecular flexibility index (Phi) is 5.01. The van der Waals surface area contributed by atoms with Crippen molar-refractivity contribution in [3.8, 4) is 0 Å². The van der Waals surface area contributed by atoms with Gasteiger partial charge in [0.15, 0.2) is 0 Å². The average molecular weight is 288 g/mol. The Hall–Kier alpha value is -0.160. The average Bonchev–Trinajstić information content (AvgIpc) is 2.91. The van der Waals surface area contributed by atoms with E-state index in [1.54, 1.807) is 0 Å². The second-order valence-corrected chi connectivity index (χ2v) is 6.32. The fraction of sp³-hybridized carbons (Fsp3) is 0.769.